The van der Waals surface area contributed by atoms with Crippen LogP contribution in [0.5, 0.6) is 0 Å². The quantitative estimate of drug-likeness (QED) is 0.847. The lowest BCUT2D eigenvalue weighted by Crippen LogP contribution is -2.56. The lowest BCUT2D eigenvalue weighted by atomic mass is 10.0. The zero-order valence-electron chi connectivity index (χ0n) is 13.4. The number of aromatic amines is 1. The first-order valence-corrected chi connectivity index (χ1v) is 8.59. The Kier molecular flexibility index (Phi) is 5.31. The average molecular weight is 336 g/mol. The number of nitriles is 1. The maximum Gasteiger partial charge on any atom is 0.328 e. The monoisotopic (exact) mass is 336 g/mol. The van der Waals surface area contributed by atoms with Gasteiger partial charge < -0.3 is 4.90 Å². The number of thioether (sulfide) groups is 1. The van der Waals surface area contributed by atoms with Crippen LogP contribution in [0.2, 0.25) is 0 Å². The minimum atomic E-state index is -0.680. The molecule has 1 amide bonds. The number of nitrogens with one attached hydrogen (secondary N) is 1. The van der Waals surface area contributed by atoms with E-state index in [2.05, 4.69) is 4.98 Å². The number of H-pyrrole nitrogens is 1. The second-order valence-corrected chi connectivity index (χ2v) is 7.26. The molecular formula is C15H20N4O3S. The summed E-state index contributed by atoms with van der Waals surface area (Å²) in [4.78, 5) is 39.6. The number of hydrogen-bond acceptors (Lipinski definition) is 5. The van der Waals surface area contributed by atoms with Gasteiger partial charge >= 0.3 is 5.69 Å². The van der Waals surface area contributed by atoms with E-state index < -0.39 is 11.2 Å². The maximum atomic E-state index is 12.5. The maximum absolute atomic E-state index is 12.5. The van der Waals surface area contributed by atoms with Gasteiger partial charge in [-0.2, -0.15) is 5.26 Å². The zero-order chi connectivity index (χ0) is 17.1. The lowest BCUT2D eigenvalue weighted by molar-refractivity contribution is -0.137. The fourth-order valence-electron chi connectivity index (χ4n) is 2.56. The molecule has 0 aliphatic carbocycles. The first-order chi connectivity index (χ1) is 10.9. The highest BCUT2D eigenvalue weighted by Crippen LogP contribution is 2.27. The summed E-state index contributed by atoms with van der Waals surface area (Å²) >= 11 is 1.63. The Hall–Kier alpha value is -2.01. The molecule has 1 N–H and O–H groups in total. The summed E-state index contributed by atoms with van der Waals surface area (Å²) in [5.41, 5.74) is -1.33. The van der Waals surface area contributed by atoms with Crippen molar-refractivity contribution in [2.75, 3.05) is 18.8 Å². The van der Waals surface area contributed by atoms with Crippen LogP contribution in [0.4, 0.5) is 0 Å². The van der Waals surface area contributed by atoms with Crippen LogP contribution < -0.4 is 11.2 Å². The molecule has 1 aliphatic rings. The van der Waals surface area contributed by atoms with Crippen LogP contribution in [0, 0.1) is 17.2 Å². The molecule has 124 valence electrons. The largest absolute Gasteiger partial charge is 0.337 e. The third kappa shape index (κ3) is 3.50. The molecule has 1 unspecified atom stereocenters. The van der Waals surface area contributed by atoms with Gasteiger partial charge in [0, 0.05) is 19.3 Å². The number of aromatic nitrogens is 2. The van der Waals surface area contributed by atoms with E-state index in [1.54, 1.807) is 22.7 Å². The molecule has 1 saturated heterocycles. The molecule has 1 fully saturated rings. The van der Waals surface area contributed by atoms with E-state index in [9.17, 15) is 14.4 Å². The van der Waals surface area contributed by atoms with E-state index in [-0.39, 0.29) is 28.7 Å². The van der Waals surface area contributed by atoms with Gasteiger partial charge in [0.2, 0.25) is 5.91 Å². The topological polar surface area (TPSA) is 99.0 Å². The molecule has 1 aromatic rings. The third-order valence-electron chi connectivity index (χ3n) is 3.85. The number of amides is 1. The van der Waals surface area contributed by atoms with Gasteiger partial charge in [-0.3, -0.25) is 19.1 Å². The molecular weight excluding hydrogens is 316 g/mol. The number of nitrogens with zero attached hydrogens (tertiary/aromatic N) is 3. The van der Waals surface area contributed by atoms with E-state index in [0.29, 0.717) is 13.1 Å². The predicted octanol–water partition coefficient (Wildman–Crippen LogP) is 0.569. The minimum absolute atomic E-state index is 0.0806. The number of likely N-dealkylation sites (tertiary alicyclic amines) is 1. The van der Waals surface area contributed by atoms with Crippen molar-refractivity contribution in [3.63, 3.8) is 0 Å². The average Bonchev–Trinajstić information content (AvgIpc) is 2.44. The van der Waals surface area contributed by atoms with E-state index in [0.717, 1.165) is 5.75 Å². The highest BCUT2D eigenvalue weighted by atomic mass is 32.2. The Labute approximate surface area is 138 Å². The third-order valence-corrected chi connectivity index (χ3v) is 5.29. The minimum Gasteiger partial charge on any atom is -0.337 e. The summed E-state index contributed by atoms with van der Waals surface area (Å²) in [5, 5.41) is 8.81. The molecule has 0 aromatic carbocycles. The Bertz CT molecular complexity index is 740. The van der Waals surface area contributed by atoms with Crippen LogP contribution in [-0.2, 0) is 4.79 Å². The van der Waals surface area contributed by atoms with Crippen molar-refractivity contribution < 1.29 is 4.79 Å². The van der Waals surface area contributed by atoms with Crippen LogP contribution in [0.25, 0.3) is 0 Å². The summed E-state index contributed by atoms with van der Waals surface area (Å²) < 4.78 is 1.33. The highest BCUT2D eigenvalue weighted by Gasteiger charge is 2.37. The predicted molar refractivity (Wildman–Crippen MR) is 88.4 cm³/mol. The van der Waals surface area contributed by atoms with Gasteiger partial charge in [0.1, 0.15) is 11.6 Å². The molecule has 0 bridgehead atoms. The van der Waals surface area contributed by atoms with Crippen LogP contribution in [-0.4, -0.2) is 44.5 Å². The Morgan fingerprint density at radius 1 is 1.48 bits per heavy atom. The number of rotatable bonds is 5. The summed E-state index contributed by atoms with van der Waals surface area (Å²) in [7, 11) is 0. The van der Waals surface area contributed by atoms with Crippen molar-refractivity contribution in [2.24, 2.45) is 5.92 Å². The van der Waals surface area contributed by atoms with Gasteiger partial charge in [-0.25, -0.2) is 4.79 Å². The first kappa shape index (κ1) is 17.3. The molecule has 0 saturated carbocycles. The fourth-order valence-corrected chi connectivity index (χ4v) is 3.59. The molecule has 0 spiro atoms. The molecule has 23 heavy (non-hydrogen) atoms. The Morgan fingerprint density at radius 3 is 2.65 bits per heavy atom. The lowest BCUT2D eigenvalue weighted by Gasteiger charge is -2.42. The summed E-state index contributed by atoms with van der Waals surface area (Å²) in [6, 6.07) is 1.56. The number of carbonyl (C=O) groups is 1. The van der Waals surface area contributed by atoms with Gasteiger partial charge in [-0.05, 0) is 11.7 Å². The van der Waals surface area contributed by atoms with E-state index in [4.69, 9.17) is 5.26 Å². The summed E-state index contributed by atoms with van der Waals surface area (Å²) in [6.45, 7) is 6.91. The first-order valence-electron chi connectivity index (χ1n) is 7.55. The van der Waals surface area contributed by atoms with Crippen molar-refractivity contribution in [1.82, 2.24) is 14.5 Å². The van der Waals surface area contributed by atoms with Crippen molar-refractivity contribution in [3.05, 3.63) is 32.6 Å². The zero-order valence-corrected chi connectivity index (χ0v) is 14.2. The second-order valence-electron chi connectivity index (χ2n) is 5.84. The Morgan fingerprint density at radius 2 is 2.13 bits per heavy atom. The molecule has 8 heteroatoms. The van der Waals surface area contributed by atoms with E-state index in [1.807, 2.05) is 20.8 Å². The summed E-state index contributed by atoms with van der Waals surface area (Å²) in [5.74, 6) is 1.20. The van der Waals surface area contributed by atoms with Crippen LogP contribution >= 0.6 is 11.8 Å². The van der Waals surface area contributed by atoms with Gasteiger partial charge in [0.25, 0.3) is 5.56 Å². The SMILES string of the molecule is CCSC(C(=O)N1CC(n2cc(C#N)c(=O)[nH]c2=O)C1)C(C)C. The van der Waals surface area contributed by atoms with E-state index >= 15 is 0 Å². The molecule has 7 nitrogen and oxygen atoms in total. The van der Waals surface area contributed by atoms with Crippen LogP contribution in [0.15, 0.2) is 15.8 Å². The second kappa shape index (κ2) is 7.04. The van der Waals surface area contributed by atoms with Gasteiger partial charge in [0.15, 0.2) is 0 Å². The highest BCUT2D eigenvalue weighted by molar-refractivity contribution is 8.00. The normalized spacial score (nSPS) is 16.0. The molecule has 2 rings (SSSR count). The van der Waals surface area contributed by atoms with E-state index in [1.165, 1.54) is 10.8 Å². The Balaban J connectivity index is 2.10. The van der Waals surface area contributed by atoms with Gasteiger partial charge in [-0.15, -0.1) is 11.8 Å². The molecule has 0 radical (unpaired) electrons. The van der Waals surface area contributed by atoms with Crippen LogP contribution in [0.1, 0.15) is 32.4 Å². The molecule has 1 atom stereocenters. The van der Waals surface area contributed by atoms with Crippen LogP contribution in [0.3, 0.4) is 0 Å². The number of carbonyl (C=O) groups excluding carboxylic acids is 1. The number of hydrogen-bond donors (Lipinski definition) is 1. The van der Waals surface area contributed by atoms with Gasteiger partial charge in [0.05, 0.1) is 11.3 Å². The fraction of sp³-hybridized carbons (Fsp3) is 0.600. The van der Waals surface area contributed by atoms with Crippen molar-refractivity contribution in [1.29, 1.82) is 5.26 Å². The van der Waals surface area contributed by atoms with Crippen molar-refractivity contribution in [2.45, 2.75) is 32.1 Å². The molecule has 1 aromatic heterocycles. The van der Waals surface area contributed by atoms with Gasteiger partial charge in [-0.1, -0.05) is 20.8 Å². The summed E-state index contributed by atoms with van der Waals surface area (Å²) in [6.07, 6.45) is 1.27. The van der Waals surface area contributed by atoms with Crippen molar-refractivity contribution in [3.8, 4) is 6.07 Å². The molecule has 2 heterocycles. The smallest absolute Gasteiger partial charge is 0.328 e. The standard InChI is InChI=1S/C15H20N4O3S/c1-4-23-12(9(2)3)14(21)18-7-11(8-18)19-6-10(5-16)13(20)17-15(19)22/h6,9,11-12H,4,7-8H2,1-3H3,(H,17,20,22). The molecule has 1 aliphatic heterocycles. The van der Waals surface area contributed by atoms with Crippen molar-refractivity contribution >= 4 is 17.7 Å².